The summed E-state index contributed by atoms with van der Waals surface area (Å²) in [6.45, 7) is 4.44. The van der Waals surface area contributed by atoms with Gasteiger partial charge in [-0.15, -0.1) is 0 Å². The van der Waals surface area contributed by atoms with Gasteiger partial charge in [-0.25, -0.2) is 9.61 Å². The number of rotatable bonds is 7. The summed E-state index contributed by atoms with van der Waals surface area (Å²) >= 11 is 0. The lowest BCUT2D eigenvalue weighted by molar-refractivity contribution is 0.310. The Hall–Kier alpha value is -2.37. The lowest BCUT2D eigenvalue weighted by Crippen LogP contribution is -2.08. The van der Waals surface area contributed by atoms with Gasteiger partial charge in [0.2, 0.25) is 0 Å². The van der Waals surface area contributed by atoms with Crippen LogP contribution in [0.15, 0.2) is 28.9 Å². The molecule has 0 fully saturated rings. The fraction of sp³-hybridized carbons (Fsp3) is 0.471. The van der Waals surface area contributed by atoms with E-state index in [9.17, 15) is 0 Å². The quantitative estimate of drug-likeness (QED) is 0.661. The van der Waals surface area contributed by atoms with Gasteiger partial charge in [0.15, 0.2) is 17.3 Å². The predicted molar refractivity (Wildman–Crippen MR) is 90.9 cm³/mol. The Labute approximate surface area is 135 Å². The van der Waals surface area contributed by atoms with E-state index in [0.29, 0.717) is 11.7 Å². The van der Waals surface area contributed by atoms with Gasteiger partial charge in [-0.2, -0.15) is 0 Å². The zero-order valence-electron chi connectivity index (χ0n) is 13.7. The molecule has 122 valence electrons. The Morgan fingerprint density at radius 3 is 2.74 bits per heavy atom. The fourth-order valence-corrected chi connectivity index (χ4v) is 3.00. The fourth-order valence-electron chi connectivity index (χ4n) is 3.00. The molecule has 0 radical (unpaired) electrons. The molecular weight excluding hydrogens is 290 g/mol. The first-order valence-corrected chi connectivity index (χ1v) is 8.27. The highest BCUT2D eigenvalue weighted by atomic mass is 16.6. The second-order valence-electron chi connectivity index (χ2n) is 5.99. The number of nitrogen functional groups attached to an aromatic ring is 1. The first-order chi connectivity index (χ1) is 11.2. The zero-order chi connectivity index (χ0) is 16.2. The Morgan fingerprint density at radius 1 is 1.17 bits per heavy atom. The van der Waals surface area contributed by atoms with Gasteiger partial charge in [-0.05, 0) is 35.8 Å². The minimum Gasteiger partial charge on any atom is -0.379 e. The normalized spacial score (nSPS) is 12.8. The van der Waals surface area contributed by atoms with E-state index in [2.05, 4.69) is 34.8 Å². The largest absolute Gasteiger partial charge is 0.379 e. The van der Waals surface area contributed by atoms with Crippen LogP contribution < -0.4 is 5.73 Å². The van der Waals surface area contributed by atoms with Gasteiger partial charge in [0.25, 0.3) is 0 Å². The highest BCUT2D eigenvalue weighted by Crippen LogP contribution is 2.31. The minimum atomic E-state index is 0.278. The molecule has 0 saturated heterocycles. The molecule has 6 nitrogen and oxygen atoms in total. The molecule has 2 N–H and O–H groups in total. The zero-order valence-corrected chi connectivity index (χ0v) is 13.7. The predicted octanol–water partition coefficient (Wildman–Crippen LogP) is 4.20. The highest BCUT2D eigenvalue weighted by Gasteiger charge is 2.21. The number of imidazole rings is 1. The van der Waals surface area contributed by atoms with Crippen LogP contribution in [-0.2, 0) is 0 Å². The van der Waals surface area contributed by atoms with E-state index < -0.39 is 0 Å². The van der Waals surface area contributed by atoms with Crippen LogP contribution in [-0.4, -0.2) is 19.9 Å². The second-order valence-corrected chi connectivity index (χ2v) is 5.99. The van der Waals surface area contributed by atoms with Crippen LogP contribution in [0.2, 0.25) is 0 Å². The smallest absolute Gasteiger partial charge is 0.199 e. The summed E-state index contributed by atoms with van der Waals surface area (Å²) in [5.41, 5.74) is 8.42. The Balaban J connectivity index is 1.98. The van der Waals surface area contributed by atoms with Crippen molar-refractivity contribution in [2.24, 2.45) is 0 Å². The van der Waals surface area contributed by atoms with E-state index in [0.717, 1.165) is 23.3 Å². The third kappa shape index (κ3) is 3.06. The summed E-state index contributed by atoms with van der Waals surface area (Å²) in [5.74, 6) is 1.01. The molecule has 1 unspecified atom stereocenters. The summed E-state index contributed by atoms with van der Waals surface area (Å²) in [7, 11) is 0. The van der Waals surface area contributed by atoms with Crippen molar-refractivity contribution in [3.05, 3.63) is 24.3 Å². The van der Waals surface area contributed by atoms with Gasteiger partial charge in [-0.3, -0.25) is 0 Å². The van der Waals surface area contributed by atoms with Gasteiger partial charge < -0.3 is 10.3 Å². The van der Waals surface area contributed by atoms with E-state index in [1.807, 2.05) is 18.2 Å². The molecule has 0 aliphatic carbocycles. The molecular formula is C17H23N5O. The maximum atomic E-state index is 5.88. The lowest BCUT2D eigenvalue weighted by atomic mass is 10.1. The van der Waals surface area contributed by atoms with E-state index in [1.165, 1.54) is 25.7 Å². The van der Waals surface area contributed by atoms with Crippen molar-refractivity contribution in [1.82, 2.24) is 19.9 Å². The molecule has 0 aliphatic heterocycles. The summed E-state index contributed by atoms with van der Waals surface area (Å²) in [5, 5.41) is 7.63. The van der Waals surface area contributed by atoms with E-state index in [4.69, 9.17) is 15.3 Å². The molecule has 6 heteroatoms. The maximum Gasteiger partial charge on any atom is 0.199 e. The van der Waals surface area contributed by atoms with Crippen molar-refractivity contribution in [3.8, 4) is 11.5 Å². The van der Waals surface area contributed by atoms with Crippen LogP contribution in [0.5, 0.6) is 0 Å². The van der Waals surface area contributed by atoms with Gasteiger partial charge in [0.1, 0.15) is 0 Å². The van der Waals surface area contributed by atoms with Crippen LogP contribution in [0.1, 0.15) is 52.0 Å². The number of fused-ring (bicyclic) bond motifs is 1. The minimum absolute atomic E-state index is 0.278. The summed E-state index contributed by atoms with van der Waals surface area (Å²) in [4.78, 5) is 4.70. The Kier molecular flexibility index (Phi) is 4.60. The lowest BCUT2D eigenvalue weighted by Gasteiger charge is -2.17. The van der Waals surface area contributed by atoms with Crippen LogP contribution >= 0.6 is 0 Å². The molecule has 2 heterocycles. The third-order valence-corrected chi connectivity index (χ3v) is 4.24. The van der Waals surface area contributed by atoms with Crippen LogP contribution in [0.25, 0.3) is 22.6 Å². The van der Waals surface area contributed by atoms with Crippen molar-refractivity contribution in [1.29, 1.82) is 0 Å². The third-order valence-electron chi connectivity index (χ3n) is 4.24. The van der Waals surface area contributed by atoms with E-state index in [1.54, 1.807) is 0 Å². The number of hydrogen-bond donors (Lipinski definition) is 1. The van der Waals surface area contributed by atoms with E-state index in [-0.39, 0.29) is 5.82 Å². The summed E-state index contributed by atoms with van der Waals surface area (Å²) < 4.78 is 6.97. The molecule has 3 rings (SSSR count). The average Bonchev–Trinajstić information content (AvgIpc) is 3.14. The molecule has 23 heavy (non-hydrogen) atoms. The molecule has 0 aliphatic rings. The maximum absolute atomic E-state index is 5.88. The molecule has 1 atom stereocenters. The van der Waals surface area contributed by atoms with Gasteiger partial charge >= 0.3 is 0 Å². The standard InChI is InChI=1S/C17H23N5O/c1-3-4-5-6-9-12(2)22-14-11-8-7-10-13(14)19-17(22)15-16(18)21-23-20-15/h7-8,10-12H,3-6,9H2,1-2H3,(H2,18,21). The number of nitrogens with two attached hydrogens (primary N) is 1. The summed E-state index contributed by atoms with van der Waals surface area (Å²) in [6, 6.07) is 8.41. The number of unbranched alkanes of at least 4 members (excludes halogenated alkanes) is 3. The number of benzene rings is 1. The molecule has 2 aromatic heterocycles. The number of para-hydroxylation sites is 2. The van der Waals surface area contributed by atoms with Crippen molar-refractivity contribution >= 4 is 16.9 Å². The van der Waals surface area contributed by atoms with Crippen LogP contribution in [0.4, 0.5) is 5.82 Å². The molecule has 3 aromatic rings. The highest BCUT2D eigenvalue weighted by molar-refractivity contribution is 5.81. The van der Waals surface area contributed by atoms with Gasteiger partial charge in [-0.1, -0.05) is 44.7 Å². The van der Waals surface area contributed by atoms with Crippen molar-refractivity contribution < 1.29 is 4.63 Å². The van der Waals surface area contributed by atoms with Crippen LogP contribution in [0, 0.1) is 0 Å². The first-order valence-electron chi connectivity index (χ1n) is 8.27. The summed E-state index contributed by atoms with van der Waals surface area (Å²) in [6.07, 6.45) is 6.09. The topological polar surface area (TPSA) is 82.8 Å². The number of nitrogens with zero attached hydrogens (tertiary/aromatic N) is 4. The number of hydrogen-bond acceptors (Lipinski definition) is 5. The molecule has 0 amide bonds. The molecule has 0 spiro atoms. The average molecular weight is 313 g/mol. The van der Waals surface area contributed by atoms with E-state index >= 15 is 0 Å². The van der Waals surface area contributed by atoms with Gasteiger partial charge in [0.05, 0.1) is 11.0 Å². The molecule has 1 aromatic carbocycles. The first kappa shape index (κ1) is 15.5. The second kappa shape index (κ2) is 6.81. The Morgan fingerprint density at radius 2 is 2.00 bits per heavy atom. The molecule has 0 saturated carbocycles. The SMILES string of the molecule is CCCCCCC(C)n1c(-c2nonc2N)nc2ccccc21. The van der Waals surface area contributed by atoms with Crippen molar-refractivity contribution in [3.63, 3.8) is 0 Å². The monoisotopic (exact) mass is 313 g/mol. The number of aromatic nitrogens is 4. The van der Waals surface area contributed by atoms with Crippen LogP contribution in [0.3, 0.4) is 0 Å². The van der Waals surface area contributed by atoms with Gasteiger partial charge in [0, 0.05) is 6.04 Å². The molecule has 0 bridgehead atoms. The van der Waals surface area contributed by atoms with Crippen molar-refractivity contribution in [2.75, 3.05) is 5.73 Å². The van der Waals surface area contributed by atoms with Crippen molar-refractivity contribution in [2.45, 2.75) is 52.0 Å². The Bertz CT molecular complexity index is 776. The number of anilines is 1.